The maximum absolute atomic E-state index is 14.5. The van der Waals surface area contributed by atoms with Gasteiger partial charge in [0.25, 0.3) is 5.91 Å². The first-order valence-electron chi connectivity index (χ1n) is 12.8. The molecule has 1 saturated heterocycles. The number of alkyl halides is 4. The van der Waals surface area contributed by atoms with Gasteiger partial charge < -0.3 is 20.5 Å². The molecule has 1 aliphatic rings. The Balaban J connectivity index is 1.24. The van der Waals surface area contributed by atoms with Crippen LogP contribution < -0.4 is 11.1 Å². The van der Waals surface area contributed by atoms with E-state index in [1.807, 2.05) is 0 Å². The molecule has 0 bridgehead atoms. The van der Waals surface area contributed by atoms with Gasteiger partial charge in [-0.2, -0.15) is 28.5 Å². The molecule has 12 nitrogen and oxygen atoms in total. The molecular weight excluding hydrogens is 576 g/mol. The van der Waals surface area contributed by atoms with E-state index in [4.69, 9.17) is 10.3 Å². The summed E-state index contributed by atoms with van der Waals surface area (Å²) in [5, 5.41) is 18.3. The maximum atomic E-state index is 14.5. The van der Waals surface area contributed by atoms with Crippen LogP contribution in [0.1, 0.15) is 22.5 Å². The zero-order valence-corrected chi connectivity index (χ0v) is 21.9. The van der Waals surface area contributed by atoms with Crippen LogP contribution >= 0.6 is 0 Å². The van der Waals surface area contributed by atoms with Gasteiger partial charge in [0, 0.05) is 17.4 Å². The van der Waals surface area contributed by atoms with Crippen molar-refractivity contribution in [2.24, 2.45) is 5.73 Å². The van der Waals surface area contributed by atoms with E-state index in [1.165, 1.54) is 17.1 Å². The Bertz CT molecular complexity index is 1890. The molecule has 5 aromatic rings. The molecule has 2 aromatic carbocycles. The molecule has 0 unspecified atom stereocenters. The van der Waals surface area contributed by atoms with Crippen LogP contribution in [0.4, 0.5) is 23.4 Å². The number of carbonyl (C=O) groups is 3. The largest absolute Gasteiger partial charge is 0.416 e. The molecule has 1 aliphatic heterocycles. The average Bonchev–Trinajstić information content (AvgIpc) is 3.68. The third-order valence-corrected chi connectivity index (χ3v) is 7.10. The van der Waals surface area contributed by atoms with Crippen molar-refractivity contribution in [3.8, 4) is 11.1 Å². The van der Waals surface area contributed by atoms with Crippen molar-refractivity contribution in [2.45, 2.75) is 31.4 Å². The van der Waals surface area contributed by atoms with E-state index in [1.54, 1.807) is 24.3 Å². The molecule has 1 fully saturated rings. The third-order valence-electron chi connectivity index (χ3n) is 7.10. The molecule has 4 heterocycles. The lowest BCUT2D eigenvalue weighted by Crippen LogP contribution is -2.44. The van der Waals surface area contributed by atoms with E-state index >= 15 is 0 Å². The van der Waals surface area contributed by atoms with Crippen LogP contribution in [0, 0.1) is 0 Å². The van der Waals surface area contributed by atoms with Gasteiger partial charge in [0.05, 0.1) is 35.4 Å². The monoisotopic (exact) mass is 596 g/mol. The van der Waals surface area contributed by atoms with Gasteiger partial charge in [-0.25, -0.2) is 4.39 Å². The summed E-state index contributed by atoms with van der Waals surface area (Å²) >= 11 is 0. The van der Waals surface area contributed by atoms with Crippen LogP contribution in [0.2, 0.25) is 0 Å². The van der Waals surface area contributed by atoms with E-state index < -0.39 is 48.2 Å². The highest BCUT2D eigenvalue weighted by atomic mass is 19.4. The number of likely N-dealkylation sites (tertiary alicyclic amines) is 1. The Morgan fingerprint density at radius 3 is 2.58 bits per heavy atom. The SMILES string of the molecule is NC(=O)c1nn(CC(=O)N2C[C@H](F)C[C@H]2C(=O)Nc2noc3cc(C(F)(F)F)ccc23)c2ccc(-c3ccnnc3)cc12. The Kier molecular flexibility index (Phi) is 6.74. The van der Waals surface area contributed by atoms with Gasteiger partial charge in [0.1, 0.15) is 18.8 Å². The number of fused-ring (bicyclic) bond motifs is 2. The Morgan fingerprint density at radius 2 is 1.86 bits per heavy atom. The number of aromatic nitrogens is 5. The number of halogens is 4. The number of benzene rings is 2. The summed E-state index contributed by atoms with van der Waals surface area (Å²) in [5.41, 5.74) is 6.10. The highest BCUT2D eigenvalue weighted by Crippen LogP contribution is 2.34. The summed E-state index contributed by atoms with van der Waals surface area (Å²) in [5.74, 6) is -2.47. The van der Waals surface area contributed by atoms with Crippen molar-refractivity contribution in [1.82, 2.24) is 30.0 Å². The number of nitrogens with one attached hydrogen (secondary N) is 1. The van der Waals surface area contributed by atoms with Crippen LogP contribution in [-0.4, -0.2) is 66.5 Å². The molecule has 2 atom stereocenters. The predicted molar refractivity (Wildman–Crippen MR) is 142 cm³/mol. The van der Waals surface area contributed by atoms with Gasteiger partial charge in [-0.3, -0.25) is 19.1 Å². The third kappa shape index (κ3) is 5.22. The van der Waals surface area contributed by atoms with Crippen molar-refractivity contribution in [1.29, 1.82) is 0 Å². The lowest BCUT2D eigenvalue weighted by Gasteiger charge is -2.23. The fourth-order valence-corrected chi connectivity index (χ4v) is 5.05. The van der Waals surface area contributed by atoms with E-state index in [2.05, 4.69) is 25.8 Å². The average molecular weight is 597 g/mol. The number of primary amides is 1. The van der Waals surface area contributed by atoms with Crippen LogP contribution in [0.5, 0.6) is 0 Å². The summed E-state index contributed by atoms with van der Waals surface area (Å²) in [6.45, 7) is -0.823. The smallest absolute Gasteiger partial charge is 0.364 e. The second-order valence-corrected chi connectivity index (χ2v) is 9.86. The van der Waals surface area contributed by atoms with Gasteiger partial charge in [0.15, 0.2) is 17.1 Å². The van der Waals surface area contributed by atoms with Gasteiger partial charge in [0.2, 0.25) is 11.8 Å². The maximum Gasteiger partial charge on any atom is 0.416 e. The van der Waals surface area contributed by atoms with Crippen LogP contribution in [0.25, 0.3) is 33.0 Å². The predicted octanol–water partition coefficient (Wildman–Crippen LogP) is 3.33. The molecule has 220 valence electrons. The number of anilines is 1. The number of hydrogen-bond acceptors (Lipinski definition) is 8. The molecule has 6 rings (SSSR count). The molecule has 0 aliphatic carbocycles. The van der Waals surface area contributed by atoms with Crippen molar-refractivity contribution in [3.63, 3.8) is 0 Å². The Morgan fingerprint density at radius 1 is 1.05 bits per heavy atom. The molecule has 3 amide bonds. The second-order valence-electron chi connectivity index (χ2n) is 9.86. The van der Waals surface area contributed by atoms with Crippen molar-refractivity contribution in [3.05, 3.63) is 66.1 Å². The number of hydrogen-bond donors (Lipinski definition) is 2. The fraction of sp³-hybridized carbons (Fsp3) is 0.222. The lowest BCUT2D eigenvalue weighted by atomic mass is 10.0. The van der Waals surface area contributed by atoms with E-state index in [9.17, 15) is 31.9 Å². The highest BCUT2D eigenvalue weighted by molar-refractivity contribution is 6.06. The standard InChI is InChI=1S/C27H20F4N8O4/c28-16-9-20(26(42)35-25-17-3-2-15(27(29,30)31)8-21(17)43-37-25)38(11-16)22(40)12-39-19-4-1-13(14-5-6-33-34-10-14)7-18(19)23(36-39)24(32)41/h1-8,10,16,20H,9,11-12H2,(H2,32,41)(H,35,37,42)/t16-,20+/m1/s1. The number of nitrogens with two attached hydrogens (primary N) is 1. The first-order chi connectivity index (χ1) is 20.5. The number of carbonyl (C=O) groups excluding carboxylic acids is 3. The summed E-state index contributed by atoms with van der Waals surface area (Å²) in [6.07, 6.45) is -3.40. The summed E-state index contributed by atoms with van der Waals surface area (Å²) in [6, 6.07) is 8.16. The lowest BCUT2D eigenvalue weighted by molar-refractivity contribution is -0.137. The first kappa shape index (κ1) is 27.7. The molecule has 0 saturated carbocycles. The normalized spacial score (nSPS) is 17.1. The molecular formula is C27H20F4N8O4. The number of amides is 3. The van der Waals surface area contributed by atoms with E-state index in [0.717, 1.165) is 28.7 Å². The molecule has 16 heteroatoms. The summed E-state index contributed by atoms with van der Waals surface area (Å²) in [4.78, 5) is 39.7. The Labute approximate surface area is 238 Å². The quantitative estimate of drug-likeness (QED) is 0.282. The van der Waals surface area contributed by atoms with Crippen molar-refractivity contribution < 1.29 is 36.5 Å². The first-order valence-corrected chi connectivity index (χ1v) is 12.8. The second kappa shape index (κ2) is 10.5. The molecule has 3 aromatic heterocycles. The van der Waals surface area contributed by atoms with Gasteiger partial charge in [-0.1, -0.05) is 11.2 Å². The molecule has 0 radical (unpaired) electrons. The number of rotatable bonds is 6. The zero-order chi connectivity index (χ0) is 30.5. The van der Waals surface area contributed by atoms with Gasteiger partial charge >= 0.3 is 6.18 Å². The highest BCUT2D eigenvalue weighted by Gasteiger charge is 2.40. The summed E-state index contributed by atoms with van der Waals surface area (Å²) in [7, 11) is 0. The van der Waals surface area contributed by atoms with Crippen LogP contribution in [-0.2, 0) is 22.3 Å². The minimum Gasteiger partial charge on any atom is -0.364 e. The molecule has 0 spiro atoms. The number of nitrogens with zero attached hydrogens (tertiary/aromatic N) is 6. The van der Waals surface area contributed by atoms with Crippen molar-refractivity contribution in [2.75, 3.05) is 11.9 Å². The van der Waals surface area contributed by atoms with E-state index in [0.29, 0.717) is 16.5 Å². The van der Waals surface area contributed by atoms with Crippen molar-refractivity contribution >= 4 is 45.4 Å². The minimum atomic E-state index is -4.61. The topological polar surface area (TPSA) is 162 Å². The molecule has 3 N–H and O–H groups in total. The zero-order valence-electron chi connectivity index (χ0n) is 21.9. The minimum absolute atomic E-state index is 0.0858. The fourth-order valence-electron chi connectivity index (χ4n) is 5.05. The molecule has 43 heavy (non-hydrogen) atoms. The Hall–Kier alpha value is -5.41. The van der Waals surface area contributed by atoms with Gasteiger partial charge in [-0.15, -0.1) is 0 Å². The van der Waals surface area contributed by atoms with E-state index in [-0.39, 0.29) is 35.4 Å². The van der Waals surface area contributed by atoms with Crippen LogP contribution in [0.3, 0.4) is 0 Å². The van der Waals surface area contributed by atoms with Gasteiger partial charge in [-0.05, 0) is 42.0 Å². The summed E-state index contributed by atoms with van der Waals surface area (Å²) < 4.78 is 59.8. The van der Waals surface area contributed by atoms with Crippen LogP contribution in [0.15, 0.2) is 59.4 Å².